The number of nitrogens with zero attached hydrogens (tertiary/aromatic N) is 5. The summed E-state index contributed by atoms with van der Waals surface area (Å²) in [5.41, 5.74) is 1.55. The van der Waals surface area contributed by atoms with Gasteiger partial charge < -0.3 is 19.3 Å². The number of piperazine rings is 1. The number of carbonyl (C=O) groups is 3. The summed E-state index contributed by atoms with van der Waals surface area (Å²) >= 11 is 0. The summed E-state index contributed by atoms with van der Waals surface area (Å²) in [6.07, 6.45) is 3.00. The van der Waals surface area contributed by atoms with Gasteiger partial charge >= 0.3 is 5.97 Å². The summed E-state index contributed by atoms with van der Waals surface area (Å²) in [4.78, 5) is 62.4. The number of ether oxygens (including phenoxy) is 2. The molecule has 1 unspecified atom stereocenters. The number of aryl methyl sites for hydroxylation is 1. The third-order valence-corrected chi connectivity index (χ3v) is 6.77. The number of hydrogen-bond donors (Lipinski definition) is 0. The maximum atomic E-state index is 13.8. The molecule has 3 aromatic rings. The Morgan fingerprint density at radius 2 is 1.76 bits per heavy atom. The first-order valence-corrected chi connectivity index (χ1v) is 13.3. The van der Waals surface area contributed by atoms with E-state index in [9.17, 15) is 24.5 Å². The molecule has 12 heteroatoms. The molecule has 0 radical (unpaired) electrons. The minimum absolute atomic E-state index is 0.00651. The number of non-ortho nitro benzene ring substituents is 1. The molecule has 4 rings (SSSR count). The first-order valence-electron chi connectivity index (χ1n) is 13.3. The van der Waals surface area contributed by atoms with Gasteiger partial charge in [0.2, 0.25) is 5.91 Å². The second-order valence-electron chi connectivity index (χ2n) is 9.66. The predicted molar refractivity (Wildman–Crippen MR) is 154 cm³/mol. The molecule has 1 aliphatic rings. The van der Waals surface area contributed by atoms with E-state index in [1.165, 1.54) is 25.3 Å². The molecule has 1 saturated heterocycles. The lowest BCUT2D eigenvalue weighted by molar-refractivity contribution is -0.384. The molecule has 0 saturated carbocycles. The molecule has 42 heavy (non-hydrogen) atoms. The van der Waals surface area contributed by atoms with Crippen molar-refractivity contribution in [2.75, 3.05) is 40.0 Å². The summed E-state index contributed by atoms with van der Waals surface area (Å²) in [6, 6.07) is 14.7. The lowest BCUT2D eigenvalue weighted by Crippen LogP contribution is -2.55. The Morgan fingerprint density at radius 1 is 1.05 bits per heavy atom. The Balaban J connectivity index is 1.53. The standard InChI is InChI=1S/C30H31N5O7/c1-20-19-33(15-16-34(20)25(36)14-11-22-9-12-24(13-10-22)35(39)40)29(37)27-26(30(38)42-18-17-41-3)21(2)31-28(32-27)23-7-5-4-6-8-23/h4-14,20H,15-19H2,1-3H3. The minimum atomic E-state index is -0.717. The summed E-state index contributed by atoms with van der Waals surface area (Å²) < 4.78 is 10.3. The van der Waals surface area contributed by atoms with Crippen LogP contribution in [0.1, 0.15) is 39.0 Å². The van der Waals surface area contributed by atoms with Gasteiger partial charge in [-0.05, 0) is 37.6 Å². The van der Waals surface area contributed by atoms with Gasteiger partial charge in [-0.2, -0.15) is 0 Å². The molecule has 0 bridgehead atoms. The van der Waals surface area contributed by atoms with Crippen LogP contribution in [0, 0.1) is 17.0 Å². The molecule has 2 aromatic carbocycles. The van der Waals surface area contributed by atoms with E-state index in [4.69, 9.17) is 9.47 Å². The molecular weight excluding hydrogens is 542 g/mol. The maximum absolute atomic E-state index is 13.8. The molecule has 0 spiro atoms. The van der Waals surface area contributed by atoms with Gasteiger partial charge in [0.05, 0.1) is 17.2 Å². The van der Waals surface area contributed by atoms with Crippen molar-refractivity contribution in [2.24, 2.45) is 0 Å². The van der Waals surface area contributed by atoms with E-state index in [1.54, 1.807) is 34.9 Å². The van der Waals surface area contributed by atoms with Crippen molar-refractivity contribution < 1.29 is 28.8 Å². The zero-order chi connectivity index (χ0) is 30.2. The van der Waals surface area contributed by atoms with Gasteiger partial charge in [-0.1, -0.05) is 30.3 Å². The third kappa shape index (κ3) is 7.02. The fraction of sp³-hybridized carbons (Fsp3) is 0.300. The van der Waals surface area contributed by atoms with Crippen molar-refractivity contribution >= 4 is 29.5 Å². The number of nitro benzene ring substituents is 1. The predicted octanol–water partition coefficient (Wildman–Crippen LogP) is 3.55. The molecule has 0 N–H and O–H groups in total. The maximum Gasteiger partial charge on any atom is 0.342 e. The van der Waals surface area contributed by atoms with Crippen LogP contribution in [0.25, 0.3) is 17.5 Å². The van der Waals surface area contributed by atoms with E-state index >= 15 is 0 Å². The molecule has 1 aromatic heterocycles. The van der Waals surface area contributed by atoms with Crippen molar-refractivity contribution in [3.63, 3.8) is 0 Å². The number of benzene rings is 2. The number of esters is 1. The van der Waals surface area contributed by atoms with Crippen LogP contribution in [0.15, 0.2) is 60.7 Å². The van der Waals surface area contributed by atoms with E-state index < -0.39 is 16.8 Å². The average molecular weight is 574 g/mol. The first kappa shape index (κ1) is 30.0. The molecular formula is C30H31N5O7. The highest BCUT2D eigenvalue weighted by Crippen LogP contribution is 2.23. The second kappa shape index (κ2) is 13.6. The summed E-state index contributed by atoms with van der Waals surface area (Å²) in [5, 5.41) is 10.9. The molecule has 1 atom stereocenters. The number of aromatic nitrogens is 2. The molecule has 12 nitrogen and oxygen atoms in total. The van der Waals surface area contributed by atoms with Crippen molar-refractivity contribution in [1.82, 2.24) is 19.8 Å². The highest BCUT2D eigenvalue weighted by Gasteiger charge is 2.33. The highest BCUT2D eigenvalue weighted by atomic mass is 16.6. The topological polar surface area (TPSA) is 145 Å². The Hall–Kier alpha value is -4.97. The molecule has 1 fully saturated rings. The largest absolute Gasteiger partial charge is 0.460 e. The van der Waals surface area contributed by atoms with Crippen LogP contribution in [0.2, 0.25) is 0 Å². The van der Waals surface area contributed by atoms with Crippen LogP contribution in [-0.2, 0) is 14.3 Å². The summed E-state index contributed by atoms with van der Waals surface area (Å²) in [7, 11) is 1.49. The number of nitro groups is 1. The van der Waals surface area contributed by atoms with Gasteiger partial charge in [0.15, 0.2) is 5.82 Å². The molecule has 0 aliphatic carbocycles. The Labute approximate surface area is 242 Å². The molecule has 2 heterocycles. The van der Waals surface area contributed by atoms with E-state index in [-0.39, 0.29) is 61.7 Å². The van der Waals surface area contributed by atoms with Crippen molar-refractivity contribution in [3.05, 3.63) is 93.3 Å². The van der Waals surface area contributed by atoms with Gasteiger partial charge in [-0.25, -0.2) is 14.8 Å². The highest BCUT2D eigenvalue weighted by molar-refractivity contribution is 6.05. The minimum Gasteiger partial charge on any atom is -0.460 e. The number of methoxy groups -OCH3 is 1. The number of hydrogen-bond acceptors (Lipinski definition) is 9. The van der Waals surface area contributed by atoms with Gasteiger partial charge in [0.25, 0.3) is 11.6 Å². The number of rotatable bonds is 9. The Bertz CT molecular complexity index is 1490. The molecule has 2 amide bonds. The Kier molecular flexibility index (Phi) is 9.71. The van der Waals surface area contributed by atoms with Gasteiger partial charge in [-0.15, -0.1) is 0 Å². The zero-order valence-corrected chi connectivity index (χ0v) is 23.6. The fourth-order valence-electron chi connectivity index (χ4n) is 4.57. The first-order chi connectivity index (χ1) is 20.2. The lowest BCUT2D eigenvalue weighted by Gasteiger charge is -2.39. The molecule has 218 valence electrons. The smallest absolute Gasteiger partial charge is 0.342 e. The lowest BCUT2D eigenvalue weighted by atomic mass is 10.1. The van der Waals surface area contributed by atoms with Gasteiger partial charge in [0.1, 0.15) is 17.9 Å². The quantitative estimate of drug-likeness (QED) is 0.123. The third-order valence-electron chi connectivity index (χ3n) is 6.77. The van der Waals surface area contributed by atoms with Gasteiger partial charge in [0, 0.05) is 56.6 Å². The van der Waals surface area contributed by atoms with E-state index in [2.05, 4.69) is 9.97 Å². The van der Waals surface area contributed by atoms with Crippen molar-refractivity contribution in [2.45, 2.75) is 19.9 Å². The van der Waals surface area contributed by atoms with Crippen LogP contribution in [-0.4, -0.2) is 88.5 Å². The van der Waals surface area contributed by atoms with Gasteiger partial charge in [-0.3, -0.25) is 19.7 Å². The van der Waals surface area contributed by atoms with Crippen molar-refractivity contribution in [3.8, 4) is 11.4 Å². The van der Waals surface area contributed by atoms with Crippen LogP contribution in [0.3, 0.4) is 0 Å². The van der Waals surface area contributed by atoms with Crippen LogP contribution >= 0.6 is 0 Å². The Morgan fingerprint density at radius 3 is 2.40 bits per heavy atom. The number of carbonyl (C=O) groups excluding carboxylic acids is 3. The van der Waals surface area contributed by atoms with Crippen LogP contribution in [0.5, 0.6) is 0 Å². The summed E-state index contributed by atoms with van der Waals surface area (Å²) in [6.45, 7) is 4.38. The van der Waals surface area contributed by atoms with E-state index in [1.807, 2.05) is 37.3 Å². The SMILES string of the molecule is COCCOC(=O)c1c(C)nc(-c2ccccc2)nc1C(=O)N1CCN(C(=O)C=Cc2ccc([N+](=O)[O-])cc2)C(C)C1. The second-order valence-corrected chi connectivity index (χ2v) is 9.66. The molecule has 1 aliphatic heterocycles. The monoisotopic (exact) mass is 573 g/mol. The number of amides is 2. The van der Waals surface area contributed by atoms with Crippen LogP contribution in [0.4, 0.5) is 5.69 Å². The average Bonchev–Trinajstić information content (AvgIpc) is 2.99. The van der Waals surface area contributed by atoms with Crippen molar-refractivity contribution in [1.29, 1.82) is 0 Å². The van der Waals surface area contributed by atoms with Crippen LogP contribution < -0.4 is 0 Å². The normalized spacial score (nSPS) is 15.1. The fourth-order valence-corrected chi connectivity index (χ4v) is 4.57. The zero-order valence-electron chi connectivity index (χ0n) is 23.6. The van der Waals surface area contributed by atoms with E-state index in [0.29, 0.717) is 22.6 Å². The summed E-state index contributed by atoms with van der Waals surface area (Å²) in [5.74, 6) is -1.12. The van der Waals surface area contributed by atoms with E-state index in [0.717, 1.165) is 0 Å².